The standard InChI is InChI=1S/C22H26N4OS/c1-17(22-23-19-9-5-6-10-20(19)24-22)28-16-21(27)26-13-11-25(12-14-26)15-18-7-3-2-4-8-18/h2-10,17H,11-16H2,1H3,(H,23,24)/t17-/m0/s1. The third-order valence-electron chi connectivity index (χ3n) is 5.22. The van der Waals surface area contributed by atoms with Gasteiger partial charge in [-0.2, -0.15) is 0 Å². The molecule has 6 heteroatoms. The van der Waals surface area contributed by atoms with Crippen molar-refractivity contribution in [2.24, 2.45) is 0 Å². The van der Waals surface area contributed by atoms with Crippen LogP contribution < -0.4 is 0 Å². The number of nitrogens with zero attached hydrogens (tertiary/aromatic N) is 3. The van der Waals surface area contributed by atoms with Crippen LogP contribution in [0.3, 0.4) is 0 Å². The summed E-state index contributed by atoms with van der Waals surface area (Å²) in [5, 5.41) is 0.163. The molecule has 4 rings (SSSR count). The number of carbonyl (C=O) groups excluding carboxylic acids is 1. The van der Waals surface area contributed by atoms with E-state index in [1.807, 2.05) is 35.2 Å². The van der Waals surface area contributed by atoms with Gasteiger partial charge >= 0.3 is 0 Å². The van der Waals surface area contributed by atoms with E-state index in [4.69, 9.17) is 0 Å². The van der Waals surface area contributed by atoms with Crippen molar-refractivity contribution in [3.63, 3.8) is 0 Å². The van der Waals surface area contributed by atoms with E-state index in [1.165, 1.54) is 5.56 Å². The van der Waals surface area contributed by atoms with Crippen molar-refractivity contribution in [2.75, 3.05) is 31.9 Å². The number of aromatic amines is 1. The van der Waals surface area contributed by atoms with Gasteiger partial charge in [0.15, 0.2) is 0 Å². The Morgan fingerprint density at radius 1 is 1.07 bits per heavy atom. The molecule has 5 nitrogen and oxygen atoms in total. The second-order valence-electron chi connectivity index (χ2n) is 7.23. The molecule has 3 aromatic rings. The molecule has 1 aliphatic heterocycles. The van der Waals surface area contributed by atoms with Gasteiger partial charge in [-0.1, -0.05) is 42.5 Å². The van der Waals surface area contributed by atoms with E-state index in [2.05, 4.69) is 46.1 Å². The van der Waals surface area contributed by atoms with Gasteiger partial charge < -0.3 is 9.88 Å². The molecule has 0 unspecified atom stereocenters. The molecular formula is C22H26N4OS. The van der Waals surface area contributed by atoms with E-state index in [-0.39, 0.29) is 11.2 Å². The lowest BCUT2D eigenvalue weighted by atomic mass is 10.2. The number of thioether (sulfide) groups is 1. The smallest absolute Gasteiger partial charge is 0.232 e. The van der Waals surface area contributed by atoms with Crippen molar-refractivity contribution in [3.05, 3.63) is 66.0 Å². The molecule has 1 aliphatic rings. The van der Waals surface area contributed by atoms with E-state index >= 15 is 0 Å². The highest BCUT2D eigenvalue weighted by Gasteiger charge is 2.22. The van der Waals surface area contributed by atoms with Crippen LogP contribution in [-0.4, -0.2) is 57.6 Å². The monoisotopic (exact) mass is 394 g/mol. The Morgan fingerprint density at radius 2 is 1.79 bits per heavy atom. The lowest BCUT2D eigenvalue weighted by Gasteiger charge is -2.34. The minimum Gasteiger partial charge on any atom is -0.341 e. The zero-order valence-corrected chi connectivity index (χ0v) is 17.0. The summed E-state index contributed by atoms with van der Waals surface area (Å²) in [7, 11) is 0. The molecule has 0 bridgehead atoms. The third kappa shape index (κ3) is 4.56. The largest absolute Gasteiger partial charge is 0.341 e. The maximum Gasteiger partial charge on any atom is 0.232 e. The molecular weight excluding hydrogens is 368 g/mol. The van der Waals surface area contributed by atoms with E-state index in [1.54, 1.807) is 11.8 Å². The summed E-state index contributed by atoms with van der Waals surface area (Å²) >= 11 is 1.65. The maximum atomic E-state index is 12.6. The van der Waals surface area contributed by atoms with Gasteiger partial charge in [0.25, 0.3) is 0 Å². The van der Waals surface area contributed by atoms with Gasteiger partial charge in [0.05, 0.1) is 22.0 Å². The molecule has 0 spiro atoms. The SMILES string of the molecule is C[C@H](SCC(=O)N1CCN(Cc2ccccc2)CC1)c1nc2ccccc2[nH]1. The van der Waals surface area contributed by atoms with Crippen molar-refractivity contribution in [3.8, 4) is 0 Å². The highest BCUT2D eigenvalue weighted by Crippen LogP contribution is 2.28. The van der Waals surface area contributed by atoms with E-state index < -0.39 is 0 Å². The first-order valence-electron chi connectivity index (χ1n) is 9.79. The molecule has 1 saturated heterocycles. The number of para-hydroxylation sites is 2. The van der Waals surface area contributed by atoms with Crippen LogP contribution in [0.4, 0.5) is 0 Å². The Hall–Kier alpha value is -2.31. The van der Waals surface area contributed by atoms with Gasteiger partial charge in [-0.15, -0.1) is 11.8 Å². The number of hydrogen-bond acceptors (Lipinski definition) is 4. The Balaban J connectivity index is 1.24. The van der Waals surface area contributed by atoms with Crippen molar-refractivity contribution in [1.82, 2.24) is 19.8 Å². The van der Waals surface area contributed by atoms with E-state index in [0.29, 0.717) is 5.75 Å². The summed E-state index contributed by atoms with van der Waals surface area (Å²) in [6.45, 7) is 6.56. The molecule has 0 aliphatic carbocycles. The molecule has 1 atom stereocenters. The lowest BCUT2D eigenvalue weighted by molar-refractivity contribution is -0.130. The summed E-state index contributed by atoms with van der Waals surface area (Å²) in [4.78, 5) is 25.1. The maximum absolute atomic E-state index is 12.6. The van der Waals surface area contributed by atoms with Crippen LogP contribution in [-0.2, 0) is 11.3 Å². The first kappa shape index (κ1) is 19.0. The minimum atomic E-state index is 0.163. The van der Waals surface area contributed by atoms with E-state index in [0.717, 1.165) is 49.6 Å². The average molecular weight is 395 g/mol. The minimum absolute atomic E-state index is 0.163. The first-order chi connectivity index (χ1) is 13.7. The fourth-order valence-corrected chi connectivity index (χ4v) is 4.37. The normalized spacial score (nSPS) is 16.4. The molecule has 0 radical (unpaired) electrons. The predicted molar refractivity (Wildman–Crippen MR) is 115 cm³/mol. The Morgan fingerprint density at radius 3 is 2.54 bits per heavy atom. The molecule has 1 N–H and O–H groups in total. The molecule has 1 aromatic heterocycles. The summed E-state index contributed by atoms with van der Waals surface area (Å²) in [5.41, 5.74) is 3.36. The predicted octanol–water partition coefficient (Wildman–Crippen LogP) is 3.70. The number of fused-ring (bicyclic) bond motifs is 1. The number of H-pyrrole nitrogens is 1. The van der Waals surface area contributed by atoms with Crippen LogP contribution >= 0.6 is 11.8 Å². The van der Waals surface area contributed by atoms with Crippen molar-refractivity contribution >= 4 is 28.7 Å². The fourth-order valence-electron chi connectivity index (χ4n) is 3.53. The number of hydrogen-bond donors (Lipinski definition) is 1. The number of nitrogens with one attached hydrogen (secondary N) is 1. The quantitative estimate of drug-likeness (QED) is 0.693. The van der Waals surface area contributed by atoms with Gasteiger partial charge in [-0.25, -0.2) is 4.98 Å². The van der Waals surface area contributed by atoms with Crippen molar-refractivity contribution in [2.45, 2.75) is 18.7 Å². The number of piperazine rings is 1. The molecule has 28 heavy (non-hydrogen) atoms. The zero-order valence-electron chi connectivity index (χ0n) is 16.2. The number of carbonyl (C=O) groups is 1. The highest BCUT2D eigenvalue weighted by atomic mass is 32.2. The third-order valence-corrected chi connectivity index (χ3v) is 6.36. The van der Waals surface area contributed by atoms with Gasteiger partial charge in [0.1, 0.15) is 5.82 Å². The highest BCUT2D eigenvalue weighted by molar-refractivity contribution is 8.00. The molecule has 2 aromatic carbocycles. The fraction of sp³-hybridized carbons (Fsp3) is 0.364. The zero-order chi connectivity index (χ0) is 19.3. The van der Waals surface area contributed by atoms with Gasteiger partial charge in [0.2, 0.25) is 5.91 Å². The van der Waals surface area contributed by atoms with E-state index in [9.17, 15) is 4.79 Å². The van der Waals surface area contributed by atoms with Crippen LogP contribution in [0.1, 0.15) is 23.6 Å². The van der Waals surface area contributed by atoms with Crippen LogP contribution in [0.2, 0.25) is 0 Å². The molecule has 146 valence electrons. The van der Waals surface area contributed by atoms with Gasteiger partial charge in [-0.05, 0) is 24.6 Å². The van der Waals surface area contributed by atoms with Gasteiger partial charge in [-0.3, -0.25) is 9.69 Å². The first-order valence-corrected chi connectivity index (χ1v) is 10.8. The number of amides is 1. The summed E-state index contributed by atoms with van der Waals surface area (Å²) in [5.74, 6) is 1.66. The lowest BCUT2D eigenvalue weighted by Crippen LogP contribution is -2.48. The second-order valence-corrected chi connectivity index (χ2v) is 8.56. The Labute approximate surface area is 170 Å². The number of rotatable bonds is 6. The molecule has 0 saturated carbocycles. The van der Waals surface area contributed by atoms with Crippen LogP contribution in [0.15, 0.2) is 54.6 Å². The number of aromatic nitrogens is 2. The summed E-state index contributed by atoms with van der Waals surface area (Å²) in [6, 6.07) is 18.6. The van der Waals surface area contributed by atoms with Crippen LogP contribution in [0.5, 0.6) is 0 Å². The Bertz CT molecular complexity index is 885. The van der Waals surface area contributed by atoms with Crippen molar-refractivity contribution in [1.29, 1.82) is 0 Å². The summed E-state index contributed by atoms with van der Waals surface area (Å²) < 4.78 is 0. The van der Waals surface area contributed by atoms with Crippen LogP contribution in [0.25, 0.3) is 11.0 Å². The average Bonchev–Trinajstić information content (AvgIpc) is 3.17. The van der Waals surface area contributed by atoms with Crippen molar-refractivity contribution < 1.29 is 4.79 Å². The topological polar surface area (TPSA) is 52.2 Å². The molecule has 2 heterocycles. The Kier molecular flexibility index (Phi) is 5.98. The second kappa shape index (κ2) is 8.80. The number of imidazole rings is 1. The summed E-state index contributed by atoms with van der Waals surface area (Å²) in [6.07, 6.45) is 0. The molecule has 1 amide bonds. The molecule has 1 fully saturated rings. The van der Waals surface area contributed by atoms with Crippen LogP contribution in [0, 0.1) is 0 Å². The number of benzene rings is 2. The van der Waals surface area contributed by atoms with Gasteiger partial charge in [0, 0.05) is 32.7 Å².